The summed E-state index contributed by atoms with van der Waals surface area (Å²) in [6, 6.07) is 3.09. The number of ether oxygens (including phenoxy) is 1. The molecule has 2 saturated heterocycles. The second-order valence-corrected chi connectivity index (χ2v) is 5.68. The molecular formula is C13H13ClFN3O. The minimum absolute atomic E-state index is 0.0707. The molecular weight excluding hydrogens is 269 g/mol. The minimum Gasteiger partial charge on any atom is -0.373 e. The highest BCUT2D eigenvalue weighted by atomic mass is 35.5. The second-order valence-electron chi connectivity index (χ2n) is 5.27. The average molecular weight is 282 g/mol. The van der Waals surface area contributed by atoms with Crippen LogP contribution in [0.15, 0.2) is 12.1 Å². The van der Waals surface area contributed by atoms with Gasteiger partial charge in [0.25, 0.3) is 0 Å². The van der Waals surface area contributed by atoms with Crippen molar-refractivity contribution >= 4 is 28.6 Å². The van der Waals surface area contributed by atoms with E-state index >= 15 is 0 Å². The lowest BCUT2D eigenvalue weighted by molar-refractivity contribution is 0.0945. The number of rotatable bonds is 1. The van der Waals surface area contributed by atoms with Crippen molar-refractivity contribution in [3.05, 3.63) is 23.0 Å². The zero-order valence-electron chi connectivity index (χ0n) is 10.1. The van der Waals surface area contributed by atoms with Crippen molar-refractivity contribution in [2.75, 3.05) is 5.73 Å². The molecule has 0 saturated carbocycles. The third kappa shape index (κ3) is 1.58. The number of nitrogens with two attached hydrogens (primary N) is 1. The van der Waals surface area contributed by atoms with Crippen molar-refractivity contribution < 1.29 is 9.13 Å². The summed E-state index contributed by atoms with van der Waals surface area (Å²) >= 11 is 5.78. The first-order valence-corrected chi connectivity index (χ1v) is 6.79. The van der Waals surface area contributed by atoms with Gasteiger partial charge in [-0.1, -0.05) is 11.6 Å². The number of benzene rings is 1. The number of aromatic nitrogens is 2. The van der Waals surface area contributed by atoms with Gasteiger partial charge in [0.2, 0.25) is 5.95 Å². The van der Waals surface area contributed by atoms with Gasteiger partial charge in [-0.05, 0) is 25.3 Å². The number of nitrogens with zero attached hydrogens (tertiary/aromatic N) is 2. The average Bonchev–Trinajstić information content (AvgIpc) is 3.03. The van der Waals surface area contributed by atoms with E-state index in [1.165, 1.54) is 12.1 Å². The minimum atomic E-state index is -0.445. The lowest BCUT2D eigenvalue weighted by Gasteiger charge is -2.22. The van der Waals surface area contributed by atoms with Crippen LogP contribution in [0, 0.1) is 5.82 Å². The Bertz CT molecular complexity index is 671. The van der Waals surface area contributed by atoms with Crippen LogP contribution in [0.1, 0.15) is 25.3 Å². The standard InChI is InChI=1S/C13H13ClFN3O/c14-7-4-9-10(5-8(7)15)18(13(16)17-9)11-3-6-1-2-12(11)19-6/h4-6,11-12H,1-3H2,(H2,16,17). The van der Waals surface area contributed by atoms with E-state index in [2.05, 4.69) is 4.98 Å². The van der Waals surface area contributed by atoms with Crippen LogP contribution in [-0.2, 0) is 4.74 Å². The van der Waals surface area contributed by atoms with Gasteiger partial charge in [0.1, 0.15) is 5.82 Å². The maximum Gasteiger partial charge on any atom is 0.201 e. The van der Waals surface area contributed by atoms with Gasteiger partial charge in [-0.2, -0.15) is 0 Å². The largest absolute Gasteiger partial charge is 0.373 e. The number of fused-ring (bicyclic) bond motifs is 3. The highest BCUT2D eigenvalue weighted by molar-refractivity contribution is 6.31. The first kappa shape index (κ1) is 11.5. The zero-order chi connectivity index (χ0) is 13.1. The molecule has 0 spiro atoms. The van der Waals surface area contributed by atoms with E-state index in [9.17, 15) is 4.39 Å². The molecule has 4 rings (SSSR count). The summed E-state index contributed by atoms with van der Waals surface area (Å²) in [4.78, 5) is 4.28. The van der Waals surface area contributed by atoms with Crippen molar-refractivity contribution in [3.63, 3.8) is 0 Å². The predicted molar refractivity (Wildman–Crippen MR) is 70.7 cm³/mol. The molecule has 2 fully saturated rings. The highest BCUT2D eigenvalue weighted by Crippen LogP contribution is 2.44. The molecule has 0 aliphatic carbocycles. The SMILES string of the molecule is Nc1nc2cc(Cl)c(F)cc2n1C1CC2CCC1O2. The number of anilines is 1. The monoisotopic (exact) mass is 281 g/mol. The lowest BCUT2D eigenvalue weighted by atomic mass is 9.95. The molecule has 3 unspecified atom stereocenters. The number of hydrogen-bond donors (Lipinski definition) is 1. The van der Waals surface area contributed by atoms with Crippen molar-refractivity contribution in [2.45, 2.75) is 37.5 Å². The molecule has 100 valence electrons. The fraction of sp³-hybridized carbons (Fsp3) is 0.462. The molecule has 1 aromatic carbocycles. The molecule has 2 aromatic rings. The van der Waals surface area contributed by atoms with Gasteiger partial charge in [-0.3, -0.25) is 0 Å². The molecule has 3 atom stereocenters. The fourth-order valence-corrected chi connectivity index (χ4v) is 3.50. The van der Waals surface area contributed by atoms with Crippen LogP contribution in [-0.4, -0.2) is 21.8 Å². The molecule has 2 bridgehead atoms. The predicted octanol–water partition coefficient (Wildman–Crippen LogP) is 2.90. The molecule has 3 heterocycles. The molecule has 4 nitrogen and oxygen atoms in total. The van der Waals surface area contributed by atoms with Crippen LogP contribution >= 0.6 is 11.6 Å². The summed E-state index contributed by atoms with van der Waals surface area (Å²) in [6.45, 7) is 0. The Labute approximate surface area is 114 Å². The first-order chi connectivity index (χ1) is 9.13. The molecule has 0 amide bonds. The van der Waals surface area contributed by atoms with Crippen molar-refractivity contribution in [1.82, 2.24) is 9.55 Å². The maximum absolute atomic E-state index is 13.7. The Morgan fingerprint density at radius 1 is 1.42 bits per heavy atom. The number of halogens is 2. The summed E-state index contributed by atoms with van der Waals surface area (Å²) in [6.07, 6.45) is 3.54. The Kier molecular flexibility index (Phi) is 2.32. The summed E-state index contributed by atoms with van der Waals surface area (Å²) in [7, 11) is 0. The summed E-state index contributed by atoms with van der Waals surface area (Å²) < 4.78 is 21.4. The zero-order valence-corrected chi connectivity index (χ0v) is 10.9. The number of nitrogen functional groups attached to an aromatic ring is 1. The van der Waals surface area contributed by atoms with Crippen LogP contribution < -0.4 is 5.73 Å². The molecule has 2 aliphatic rings. The fourth-order valence-electron chi connectivity index (χ4n) is 3.34. The smallest absolute Gasteiger partial charge is 0.201 e. The van der Waals surface area contributed by atoms with Crippen LogP contribution in [0.25, 0.3) is 11.0 Å². The molecule has 19 heavy (non-hydrogen) atoms. The Balaban J connectivity index is 1.89. The Hall–Kier alpha value is -1.33. The Morgan fingerprint density at radius 3 is 2.95 bits per heavy atom. The quantitative estimate of drug-likeness (QED) is 0.874. The van der Waals surface area contributed by atoms with Gasteiger partial charge in [0.05, 0.1) is 34.3 Å². The number of imidazole rings is 1. The molecule has 1 aromatic heterocycles. The van der Waals surface area contributed by atoms with E-state index in [0.717, 1.165) is 19.3 Å². The van der Waals surface area contributed by atoms with Gasteiger partial charge in [-0.25, -0.2) is 9.37 Å². The molecule has 2 N–H and O–H groups in total. The van der Waals surface area contributed by atoms with Crippen molar-refractivity contribution in [3.8, 4) is 0 Å². The Morgan fingerprint density at radius 2 is 2.26 bits per heavy atom. The van der Waals surface area contributed by atoms with Crippen LogP contribution in [0.3, 0.4) is 0 Å². The highest BCUT2D eigenvalue weighted by Gasteiger charge is 2.42. The van der Waals surface area contributed by atoms with E-state index in [0.29, 0.717) is 23.1 Å². The normalized spacial score (nSPS) is 29.5. The van der Waals surface area contributed by atoms with Crippen LogP contribution in [0.2, 0.25) is 5.02 Å². The topological polar surface area (TPSA) is 53.1 Å². The summed E-state index contributed by atoms with van der Waals surface area (Å²) in [5, 5.41) is 0.0707. The van der Waals surface area contributed by atoms with E-state index in [1.54, 1.807) is 0 Å². The van der Waals surface area contributed by atoms with Crippen molar-refractivity contribution in [1.29, 1.82) is 0 Å². The van der Waals surface area contributed by atoms with E-state index in [1.807, 2.05) is 4.57 Å². The van der Waals surface area contributed by atoms with Gasteiger partial charge >= 0.3 is 0 Å². The first-order valence-electron chi connectivity index (χ1n) is 6.41. The van der Waals surface area contributed by atoms with Crippen molar-refractivity contribution in [2.24, 2.45) is 0 Å². The molecule has 0 radical (unpaired) electrons. The van der Waals surface area contributed by atoms with Gasteiger partial charge in [-0.15, -0.1) is 0 Å². The second kappa shape index (κ2) is 3.84. The van der Waals surface area contributed by atoms with Gasteiger partial charge in [0.15, 0.2) is 0 Å². The lowest BCUT2D eigenvalue weighted by Crippen LogP contribution is -2.22. The van der Waals surface area contributed by atoms with E-state index in [-0.39, 0.29) is 17.2 Å². The van der Waals surface area contributed by atoms with E-state index in [4.69, 9.17) is 22.1 Å². The summed E-state index contributed by atoms with van der Waals surface area (Å²) in [5.74, 6) is -0.0443. The third-order valence-corrected chi connectivity index (χ3v) is 4.45. The van der Waals surface area contributed by atoms with E-state index < -0.39 is 5.82 Å². The summed E-state index contributed by atoms with van der Waals surface area (Å²) in [5.41, 5.74) is 7.32. The van der Waals surface area contributed by atoms with Crippen LogP contribution in [0.5, 0.6) is 0 Å². The van der Waals surface area contributed by atoms with Crippen LogP contribution in [0.4, 0.5) is 10.3 Å². The maximum atomic E-state index is 13.7. The van der Waals surface area contributed by atoms with Gasteiger partial charge in [0, 0.05) is 6.07 Å². The van der Waals surface area contributed by atoms with Gasteiger partial charge < -0.3 is 15.0 Å². The molecule has 6 heteroatoms. The third-order valence-electron chi connectivity index (χ3n) is 4.16. The number of hydrogen-bond acceptors (Lipinski definition) is 3. The molecule has 2 aliphatic heterocycles.